The SMILES string of the molecule is COCCCN1CCn2cc(C(=O)NCc3ccc(F)cc3F)c(=O)c(O)c2C1=O. The highest BCUT2D eigenvalue weighted by molar-refractivity contribution is 5.99. The summed E-state index contributed by atoms with van der Waals surface area (Å²) in [4.78, 5) is 39.1. The van der Waals surface area contributed by atoms with Crippen LogP contribution in [-0.2, 0) is 17.8 Å². The molecule has 1 aromatic carbocycles. The molecule has 0 saturated heterocycles. The van der Waals surface area contributed by atoms with E-state index in [1.165, 1.54) is 21.7 Å². The molecule has 1 aliphatic heterocycles. The van der Waals surface area contributed by atoms with E-state index in [0.717, 1.165) is 6.07 Å². The fourth-order valence-corrected chi connectivity index (χ4v) is 3.24. The van der Waals surface area contributed by atoms with Gasteiger partial charge in [-0.1, -0.05) is 6.07 Å². The molecule has 1 aliphatic rings. The van der Waals surface area contributed by atoms with E-state index in [0.29, 0.717) is 32.2 Å². The molecule has 2 amide bonds. The number of aromatic nitrogens is 1. The second kappa shape index (κ2) is 9.04. The average molecular weight is 421 g/mol. The van der Waals surface area contributed by atoms with Crippen molar-refractivity contribution in [2.45, 2.75) is 19.5 Å². The number of benzene rings is 1. The second-order valence-electron chi connectivity index (χ2n) is 6.82. The molecule has 0 unspecified atom stereocenters. The van der Waals surface area contributed by atoms with Gasteiger partial charge in [0.25, 0.3) is 11.8 Å². The molecular formula is C20H21F2N3O5. The first-order valence-corrected chi connectivity index (χ1v) is 9.30. The van der Waals surface area contributed by atoms with Crippen LogP contribution in [0, 0.1) is 11.6 Å². The maximum absolute atomic E-state index is 13.7. The number of amides is 2. The number of rotatable bonds is 7. The van der Waals surface area contributed by atoms with Crippen LogP contribution in [0.3, 0.4) is 0 Å². The van der Waals surface area contributed by atoms with Crippen molar-refractivity contribution in [2.75, 3.05) is 26.8 Å². The Morgan fingerprint density at radius 2 is 2.03 bits per heavy atom. The van der Waals surface area contributed by atoms with E-state index in [4.69, 9.17) is 4.74 Å². The Morgan fingerprint density at radius 3 is 2.73 bits per heavy atom. The molecule has 1 aromatic heterocycles. The third-order valence-corrected chi connectivity index (χ3v) is 4.83. The summed E-state index contributed by atoms with van der Waals surface area (Å²) in [5, 5.41) is 12.7. The Labute approximate surface area is 170 Å². The van der Waals surface area contributed by atoms with Crippen molar-refractivity contribution >= 4 is 11.8 Å². The second-order valence-corrected chi connectivity index (χ2v) is 6.82. The van der Waals surface area contributed by atoms with Gasteiger partial charge in [-0.05, 0) is 12.5 Å². The number of ether oxygens (including phenoxy) is 1. The van der Waals surface area contributed by atoms with E-state index in [-0.39, 0.29) is 29.9 Å². The fraction of sp³-hybridized carbons (Fsp3) is 0.350. The minimum absolute atomic E-state index is 0.0360. The standard InChI is InChI=1S/C20H21F2N3O5/c1-30-8-2-5-24-6-7-25-11-14(17(26)18(27)16(25)20(24)29)19(28)23-10-12-3-4-13(21)9-15(12)22/h3-4,9,11,27H,2,5-8,10H2,1H3,(H,23,28). The Balaban J connectivity index is 1.79. The first kappa shape index (κ1) is 21.4. The van der Waals surface area contributed by atoms with Crippen molar-refractivity contribution in [2.24, 2.45) is 0 Å². The molecule has 0 spiro atoms. The van der Waals surface area contributed by atoms with Crippen LogP contribution >= 0.6 is 0 Å². The highest BCUT2D eigenvalue weighted by Crippen LogP contribution is 2.20. The van der Waals surface area contributed by atoms with E-state index in [9.17, 15) is 28.3 Å². The molecule has 160 valence electrons. The monoisotopic (exact) mass is 421 g/mol. The Bertz CT molecular complexity index is 1040. The van der Waals surface area contributed by atoms with E-state index in [1.54, 1.807) is 7.11 Å². The Kier molecular flexibility index (Phi) is 6.46. The average Bonchev–Trinajstić information content (AvgIpc) is 2.71. The van der Waals surface area contributed by atoms with Crippen LogP contribution in [0.4, 0.5) is 8.78 Å². The van der Waals surface area contributed by atoms with Crippen LogP contribution in [0.5, 0.6) is 5.75 Å². The number of aromatic hydroxyl groups is 1. The van der Waals surface area contributed by atoms with Gasteiger partial charge in [-0.2, -0.15) is 0 Å². The molecule has 2 heterocycles. The van der Waals surface area contributed by atoms with Crippen LogP contribution in [0.15, 0.2) is 29.2 Å². The topological polar surface area (TPSA) is 101 Å². The van der Waals surface area contributed by atoms with Gasteiger partial charge in [0.15, 0.2) is 11.4 Å². The first-order valence-electron chi connectivity index (χ1n) is 9.30. The lowest BCUT2D eigenvalue weighted by atomic mass is 10.1. The number of nitrogens with zero attached hydrogens (tertiary/aromatic N) is 2. The molecule has 0 bridgehead atoms. The minimum atomic E-state index is -0.995. The number of carbonyl (C=O) groups excluding carboxylic acids is 2. The van der Waals surface area contributed by atoms with Crippen LogP contribution in [0.1, 0.15) is 32.8 Å². The quantitative estimate of drug-likeness (QED) is 0.656. The van der Waals surface area contributed by atoms with Crippen molar-refractivity contribution in [1.82, 2.24) is 14.8 Å². The third-order valence-electron chi connectivity index (χ3n) is 4.83. The summed E-state index contributed by atoms with van der Waals surface area (Å²) in [6, 6.07) is 2.91. The van der Waals surface area contributed by atoms with Gasteiger partial charge in [0, 0.05) is 57.7 Å². The van der Waals surface area contributed by atoms with Crippen molar-refractivity contribution in [3.63, 3.8) is 0 Å². The summed E-state index contributed by atoms with van der Waals surface area (Å²) in [6.45, 7) is 1.23. The van der Waals surface area contributed by atoms with Gasteiger partial charge in [0.1, 0.15) is 17.2 Å². The number of fused-ring (bicyclic) bond motifs is 1. The maximum atomic E-state index is 13.7. The van der Waals surface area contributed by atoms with Crippen LogP contribution in [-0.4, -0.2) is 53.2 Å². The molecule has 30 heavy (non-hydrogen) atoms. The number of pyridine rings is 1. The van der Waals surface area contributed by atoms with Crippen molar-refractivity contribution in [3.05, 3.63) is 63.1 Å². The number of halogens is 2. The third kappa shape index (κ3) is 4.33. The van der Waals surface area contributed by atoms with Gasteiger partial charge in [0.05, 0.1) is 0 Å². The van der Waals surface area contributed by atoms with Crippen LogP contribution < -0.4 is 10.7 Å². The molecule has 0 radical (unpaired) electrons. The van der Waals surface area contributed by atoms with Crippen molar-refractivity contribution < 1.29 is 28.2 Å². The summed E-state index contributed by atoms with van der Waals surface area (Å²) >= 11 is 0. The lowest BCUT2D eigenvalue weighted by molar-refractivity contribution is 0.0676. The van der Waals surface area contributed by atoms with E-state index in [2.05, 4.69) is 5.32 Å². The number of nitrogens with one attached hydrogen (secondary N) is 1. The zero-order chi connectivity index (χ0) is 21.8. The Hall–Kier alpha value is -3.27. The van der Waals surface area contributed by atoms with Gasteiger partial charge in [-0.3, -0.25) is 14.4 Å². The molecule has 0 atom stereocenters. The smallest absolute Gasteiger partial charge is 0.274 e. The number of methoxy groups -OCH3 is 1. The lowest BCUT2D eigenvalue weighted by Gasteiger charge is -2.30. The first-order chi connectivity index (χ1) is 14.3. The van der Waals surface area contributed by atoms with Crippen molar-refractivity contribution in [1.29, 1.82) is 0 Å². The van der Waals surface area contributed by atoms with Crippen LogP contribution in [0.25, 0.3) is 0 Å². The lowest BCUT2D eigenvalue weighted by Crippen LogP contribution is -2.43. The number of carbonyl (C=O) groups is 2. The molecule has 8 nitrogen and oxygen atoms in total. The molecule has 0 aliphatic carbocycles. The minimum Gasteiger partial charge on any atom is -0.503 e. The van der Waals surface area contributed by atoms with E-state index in [1.807, 2.05) is 0 Å². The Morgan fingerprint density at radius 1 is 1.27 bits per heavy atom. The zero-order valence-electron chi connectivity index (χ0n) is 16.3. The number of hydrogen-bond donors (Lipinski definition) is 2. The summed E-state index contributed by atoms with van der Waals surface area (Å²) in [5.41, 5.74) is -1.51. The summed E-state index contributed by atoms with van der Waals surface area (Å²) in [6.07, 6.45) is 1.81. The fourth-order valence-electron chi connectivity index (χ4n) is 3.24. The predicted molar refractivity (Wildman–Crippen MR) is 102 cm³/mol. The highest BCUT2D eigenvalue weighted by atomic mass is 19.1. The molecule has 0 fully saturated rings. The summed E-state index contributed by atoms with van der Waals surface area (Å²) in [7, 11) is 1.55. The largest absolute Gasteiger partial charge is 0.503 e. The van der Waals surface area contributed by atoms with Gasteiger partial charge in [0.2, 0.25) is 5.43 Å². The molecule has 2 N–H and O–H groups in total. The highest BCUT2D eigenvalue weighted by Gasteiger charge is 2.30. The zero-order valence-corrected chi connectivity index (χ0v) is 16.3. The van der Waals surface area contributed by atoms with E-state index >= 15 is 0 Å². The molecule has 10 heteroatoms. The summed E-state index contributed by atoms with van der Waals surface area (Å²) in [5.74, 6) is -3.74. The summed E-state index contributed by atoms with van der Waals surface area (Å²) < 4.78 is 33.0. The van der Waals surface area contributed by atoms with E-state index < -0.39 is 34.6 Å². The molecule has 0 saturated carbocycles. The molecular weight excluding hydrogens is 400 g/mol. The predicted octanol–water partition coefficient (Wildman–Crippen LogP) is 1.25. The van der Waals surface area contributed by atoms with Crippen LogP contribution in [0.2, 0.25) is 0 Å². The molecule has 2 aromatic rings. The normalized spacial score (nSPS) is 13.3. The van der Waals surface area contributed by atoms with Crippen molar-refractivity contribution in [3.8, 4) is 5.75 Å². The molecule has 3 rings (SSSR count). The maximum Gasteiger partial charge on any atom is 0.274 e. The van der Waals surface area contributed by atoms with Gasteiger partial charge in [-0.25, -0.2) is 8.78 Å². The van der Waals surface area contributed by atoms with Gasteiger partial charge >= 0.3 is 0 Å². The number of hydrogen-bond acceptors (Lipinski definition) is 5. The van der Waals surface area contributed by atoms with Gasteiger partial charge < -0.3 is 24.6 Å². The van der Waals surface area contributed by atoms with Gasteiger partial charge in [-0.15, -0.1) is 0 Å².